The average molecular weight is 602 g/mol. The Morgan fingerprint density at radius 2 is 1.56 bits per heavy atom. The molecule has 4 N–H and O–H groups in total. The number of carboxylic acid groups (broad SMARTS) is 3. The summed E-state index contributed by atoms with van der Waals surface area (Å²) in [6.45, 7) is 3.60. The number of hydrogen-bond donors (Lipinski definition) is 4. The summed E-state index contributed by atoms with van der Waals surface area (Å²) >= 11 is 0. The van der Waals surface area contributed by atoms with E-state index in [9.17, 15) is 23.6 Å². The molecule has 1 atom stereocenters. The van der Waals surface area contributed by atoms with E-state index in [1.54, 1.807) is 17.0 Å². The second-order valence-electron chi connectivity index (χ2n) is 11.7. The van der Waals surface area contributed by atoms with Crippen LogP contribution in [0, 0.1) is 11.7 Å². The molecule has 0 bridgehead atoms. The van der Waals surface area contributed by atoms with Crippen LogP contribution in [-0.2, 0) is 31.0 Å². The Morgan fingerprint density at radius 1 is 0.977 bits per heavy atom. The summed E-state index contributed by atoms with van der Waals surface area (Å²) in [5.74, 6) is -5.03. The molecule has 11 nitrogen and oxygen atoms in total. The number of hydrogen-bond acceptors (Lipinski definition) is 7. The molecule has 1 fully saturated rings. The third-order valence-corrected chi connectivity index (χ3v) is 8.17. The van der Waals surface area contributed by atoms with Crippen molar-refractivity contribution in [2.24, 2.45) is 5.92 Å². The van der Waals surface area contributed by atoms with E-state index in [0.717, 1.165) is 56.7 Å². The van der Waals surface area contributed by atoms with Crippen molar-refractivity contribution in [3.8, 4) is 0 Å². The minimum Gasteiger partial charge on any atom is -0.481 e. The molecule has 234 valence electrons. The van der Waals surface area contributed by atoms with Crippen LogP contribution in [-0.4, -0.2) is 107 Å². The highest BCUT2D eigenvalue weighted by Gasteiger charge is 2.44. The van der Waals surface area contributed by atoms with Crippen molar-refractivity contribution >= 4 is 29.5 Å². The molecule has 4 rings (SSSR count). The number of benzene rings is 2. The lowest BCUT2D eigenvalue weighted by molar-refractivity contribution is -0.170. The molecular weight excluding hydrogens is 561 g/mol. The van der Waals surface area contributed by atoms with Crippen LogP contribution in [0.2, 0.25) is 0 Å². The largest absolute Gasteiger partial charge is 0.481 e. The third-order valence-electron chi connectivity index (χ3n) is 8.17. The zero-order valence-corrected chi connectivity index (χ0v) is 24.7. The number of aliphatic carboxylic acids is 3. The second kappa shape index (κ2) is 14.0. The van der Waals surface area contributed by atoms with Crippen molar-refractivity contribution in [3.63, 3.8) is 0 Å². The Kier molecular flexibility index (Phi) is 10.9. The Bertz CT molecular complexity index is 1300. The summed E-state index contributed by atoms with van der Waals surface area (Å²) in [6, 6.07) is 15.5. The van der Waals surface area contributed by atoms with Gasteiger partial charge in [0.2, 0.25) is 5.91 Å². The van der Waals surface area contributed by atoms with Gasteiger partial charge in [-0.15, -0.1) is 0 Å². The number of fused-ring (bicyclic) bond motifs is 2. The van der Waals surface area contributed by atoms with Gasteiger partial charge in [0.05, 0.1) is 18.8 Å². The maximum absolute atomic E-state index is 14.0. The lowest BCUT2D eigenvalue weighted by Crippen LogP contribution is -2.48. The molecule has 2 aromatic carbocycles. The van der Waals surface area contributed by atoms with Gasteiger partial charge in [-0.2, -0.15) is 0 Å². The van der Waals surface area contributed by atoms with E-state index in [2.05, 4.69) is 29.0 Å². The normalized spacial score (nSPS) is 16.5. The number of likely N-dealkylation sites (N-methyl/N-ethyl adjacent to an activating group) is 1. The molecule has 12 heteroatoms. The molecule has 1 spiro atoms. The first-order valence-corrected chi connectivity index (χ1v) is 14.0. The summed E-state index contributed by atoms with van der Waals surface area (Å²) in [5.41, 5.74) is 0.818. The molecule has 43 heavy (non-hydrogen) atoms. The number of likely N-dealkylation sites (tertiary alicyclic amines) is 1. The van der Waals surface area contributed by atoms with Crippen molar-refractivity contribution in [2.45, 2.75) is 43.1 Å². The molecule has 0 radical (unpaired) electrons. The van der Waals surface area contributed by atoms with Gasteiger partial charge in [0.25, 0.3) is 0 Å². The van der Waals surface area contributed by atoms with Crippen LogP contribution in [0.4, 0.5) is 10.1 Å². The standard InChI is InChI=1S/C25H32FN3O.C6H8O7/c1-27(2)24(30)20(15-19-7-5-4-6-8-19)17-29-13-11-25(12-14-29)18-28(3)23-10-9-21(26)16-22(23)25;7-3(8)1-6(13,5(11)12)2-4(9)10/h4-10,16,20H,11-15,17-18H2,1-3H3;13H,1-2H2,(H,7,8)(H,9,10)(H,11,12). The van der Waals surface area contributed by atoms with E-state index < -0.39 is 36.4 Å². The van der Waals surface area contributed by atoms with E-state index in [0.29, 0.717) is 0 Å². The number of halogens is 1. The van der Waals surface area contributed by atoms with Crippen LogP contribution in [0.15, 0.2) is 48.5 Å². The van der Waals surface area contributed by atoms with Crippen molar-refractivity contribution < 1.29 is 44.0 Å². The van der Waals surface area contributed by atoms with Crippen molar-refractivity contribution in [2.75, 3.05) is 52.2 Å². The second-order valence-corrected chi connectivity index (χ2v) is 11.7. The lowest BCUT2D eigenvalue weighted by Gasteiger charge is -2.41. The molecular formula is C31H40FN3O8. The Labute approximate surface area is 250 Å². The van der Waals surface area contributed by atoms with Gasteiger partial charge in [-0.3, -0.25) is 14.4 Å². The zero-order chi connectivity index (χ0) is 31.9. The molecule has 2 heterocycles. The fourth-order valence-corrected chi connectivity index (χ4v) is 6.00. The number of carboxylic acids is 3. The van der Waals surface area contributed by atoms with Gasteiger partial charge in [0, 0.05) is 45.3 Å². The quantitative estimate of drug-likeness (QED) is 0.318. The number of piperidine rings is 1. The van der Waals surface area contributed by atoms with Gasteiger partial charge in [-0.05, 0) is 61.7 Å². The fourth-order valence-electron chi connectivity index (χ4n) is 6.00. The van der Waals surface area contributed by atoms with Crippen molar-refractivity contribution in [3.05, 3.63) is 65.5 Å². The SMILES string of the molecule is CN(C)C(=O)C(Cc1ccccc1)CN1CCC2(CC1)CN(C)c1ccc(F)cc12.O=C(O)CC(O)(CC(=O)O)C(=O)O. The highest BCUT2D eigenvalue weighted by Crippen LogP contribution is 2.46. The molecule has 0 aromatic heterocycles. The highest BCUT2D eigenvalue weighted by atomic mass is 19.1. The maximum atomic E-state index is 14.0. The number of aliphatic hydroxyl groups is 1. The van der Waals surface area contributed by atoms with Crippen LogP contribution >= 0.6 is 0 Å². The summed E-state index contributed by atoms with van der Waals surface area (Å²) in [4.78, 5) is 49.8. The van der Waals surface area contributed by atoms with Crippen LogP contribution in [0.3, 0.4) is 0 Å². The number of anilines is 1. The molecule has 2 aliphatic rings. The first-order valence-electron chi connectivity index (χ1n) is 14.0. The molecule has 1 unspecified atom stereocenters. The molecule has 2 aromatic rings. The number of carbonyl (C=O) groups excluding carboxylic acids is 1. The smallest absolute Gasteiger partial charge is 0.336 e. The van der Waals surface area contributed by atoms with E-state index in [-0.39, 0.29) is 23.1 Å². The van der Waals surface area contributed by atoms with Crippen molar-refractivity contribution in [1.29, 1.82) is 0 Å². The number of nitrogens with zero attached hydrogens (tertiary/aromatic N) is 3. The van der Waals surface area contributed by atoms with Gasteiger partial charge >= 0.3 is 17.9 Å². The number of rotatable bonds is 10. The van der Waals surface area contributed by atoms with Gasteiger partial charge in [-0.25, -0.2) is 9.18 Å². The van der Waals surface area contributed by atoms with Crippen LogP contribution < -0.4 is 4.90 Å². The monoisotopic (exact) mass is 601 g/mol. The minimum atomic E-state index is -2.74. The number of carbonyl (C=O) groups is 4. The van der Waals surface area contributed by atoms with Gasteiger partial charge < -0.3 is 35.1 Å². The first kappa shape index (κ1) is 33.5. The Balaban J connectivity index is 0.000000331. The number of amides is 1. The van der Waals surface area contributed by atoms with Crippen LogP contribution in [0.5, 0.6) is 0 Å². The molecule has 1 amide bonds. The average Bonchev–Trinajstić information content (AvgIpc) is 3.19. The Hall–Kier alpha value is -4.03. The zero-order valence-electron chi connectivity index (χ0n) is 24.7. The topological polar surface area (TPSA) is 159 Å². The van der Waals surface area contributed by atoms with Gasteiger partial charge in [0.1, 0.15) is 5.82 Å². The molecule has 1 saturated heterocycles. The Morgan fingerprint density at radius 3 is 2.07 bits per heavy atom. The third kappa shape index (κ3) is 8.51. The predicted molar refractivity (Wildman–Crippen MR) is 156 cm³/mol. The summed E-state index contributed by atoms with van der Waals surface area (Å²) in [7, 11) is 5.78. The molecule has 2 aliphatic heterocycles. The minimum absolute atomic E-state index is 0.0309. The van der Waals surface area contributed by atoms with E-state index >= 15 is 0 Å². The highest BCUT2D eigenvalue weighted by molar-refractivity contribution is 5.88. The summed E-state index contributed by atoms with van der Waals surface area (Å²) in [6.07, 6.45) is 0.476. The molecule has 0 aliphatic carbocycles. The van der Waals surface area contributed by atoms with Gasteiger partial charge in [-0.1, -0.05) is 30.3 Å². The summed E-state index contributed by atoms with van der Waals surface area (Å²) in [5, 5.41) is 33.8. The van der Waals surface area contributed by atoms with Crippen LogP contribution in [0.1, 0.15) is 36.8 Å². The van der Waals surface area contributed by atoms with E-state index in [1.165, 1.54) is 5.56 Å². The van der Waals surface area contributed by atoms with Crippen LogP contribution in [0.25, 0.3) is 0 Å². The summed E-state index contributed by atoms with van der Waals surface area (Å²) < 4.78 is 14.0. The van der Waals surface area contributed by atoms with Gasteiger partial charge in [0.15, 0.2) is 5.60 Å². The lowest BCUT2D eigenvalue weighted by atomic mass is 9.74. The first-order chi connectivity index (χ1) is 20.2. The fraction of sp³-hybridized carbons (Fsp3) is 0.484. The predicted octanol–water partition coefficient (Wildman–Crippen LogP) is 2.31. The maximum Gasteiger partial charge on any atom is 0.336 e. The van der Waals surface area contributed by atoms with E-state index in [1.807, 2.05) is 38.4 Å². The van der Waals surface area contributed by atoms with Crippen molar-refractivity contribution in [1.82, 2.24) is 9.80 Å². The molecule has 0 saturated carbocycles. The van der Waals surface area contributed by atoms with E-state index in [4.69, 9.17) is 20.4 Å².